The molecule has 8 heteroatoms. The number of nitrogens with one attached hydrogen (secondary N) is 1. The summed E-state index contributed by atoms with van der Waals surface area (Å²) in [7, 11) is 2.96. The lowest BCUT2D eigenvalue weighted by atomic mass is 10.2. The summed E-state index contributed by atoms with van der Waals surface area (Å²) in [6.07, 6.45) is 0. The molecule has 2 rings (SSSR count). The van der Waals surface area contributed by atoms with E-state index in [0.717, 1.165) is 11.6 Å². The highest BCUT2D eigenvalue weighted by Gasteiger charge is 2.15. The summed E-state index contributed by atoms with van der Waals surface area (Å²) in [5.74, 6) is -0.176. The van der Waals surface area contributed by atoms with Crippen LogP contribution in [0.5, 0.6) is 17.2 Å². The summed E-state index contributed by atoms with van der Waals surface area (Å²) < 4.78 is 29.9. The number of benzene rings is 2. The Morgan fingerprint density at radius 3 is 2.46 bits per heavy atom. The second kappa shape index (κ2) is 9.96. The van der Waals surface area contributed by atoms with Crippen molar-refractivity contribution in [2.75, 3.05) is 26.1 Å². The Labute approximate surface area is 157 Å². The largest absolute Gasteiger partial charge is 0.493 e. The topological polar surface area (TPSA) is 82.8 Å². The Hall–Kier alpha value is -2.35. The van der Waals surface area contributed by atoms with Crippen LogP contribution in [0.1, 0.15) is 5.56 Å². The molecule has 26 heavy (non-hydrogen) atoms. The van der Waals surface area contributed by atoms with Gasteiger partial charge in [-0.15, -0.1) is 12.4 Å². The lowest BCUT2D eigenvalue weighted by Crippen LogP contribution is -2.39. The van der Waals surface area contributed by atoms with Gasteiger partial charge in [0.25, 0.3) is 0 Å². The summed E-state index contributed by atoms with van der Waals surface area (Å²) in [6, 6.07) is 8.60. The molecule has 0 aliphatic rings. The smallest absolute Gasteiger partial charge is 0.243 e. The van der Waals surface area contributed by atoms with Gasteiger partial charge in [-0.05, 0) is 36.8 Å². The van der Waals surface area contributed by atoms with E-state index in [2.05, 4.69) is 5.32 Å². The number of anilines is 1. The number of hydrogen-bond donors (Lipinski definition) is 2. The Balaban J connectivity index is 0.00000338. The van der Waals surface area contributed by atoms with Crippen molar-refractivity contribution in [2.24, 2.45) is 5.73 Å². The van der Waals surface area contributed by atoms with Gasteiger partial charge in [-0.1, -0.05) is 6.07 Å². The number of amides is 1. The molecule has 0 spiro atoms. The third kappa shape index (κ3) is 5.59. The van der Waals surface area contributed by atoms with Crippen LogP contribution in [0.15, 0.2) is 36.4 Å². The summed E-state index contributed by atoms with van der Waals surface area (Å²) in [4.78, 5) is 11.8. The number of carbonyl (C=O) groups is 1. The highest BCUT2D eigenvalue weighted by molar-refractivity contribution is 5.94. The highest BCUT2D eigenvalue weighted by Crippen LogP contribution is 2.34. The van der Waals surface area contributed by atoms with Gasteiger partial charge < -0.3 is 25.3 Å². The van der Waals surface area contributed by atoms with E-state index in [1.54, 1.807) is 12.1 Å². The Morgan fingerprint density at radius 1 is 1.15 bits per heavy atom. The molecule has 3 N–H and O–H groups in total. The molecule has 0 aliphatic heterocycles. The molecule has 2 aromatic carbocycles. The lowest BCUT2D eigenvalue weighted by molar-refractivity contribution is -0.118. The van der Waals surface area contributed by atoms with Crippen LogP contribution in [-0.2, 0) is 9.53 Å². The first-order valence-corrected chi connectivity index (χ1v) is 7.62. The third-order valence-corrected chi connectivity index (χ3v) is 3.42. The van der Waals surface area contributed by atoms with E-state index in [9.17, 15) is 9.18 Å². The quantitative estimate of drug-likeness (QED) is 0.765. The van der Waals surface area contributed by atoms with Crippen LogP contribution in [0.3, 0.4) is 0 Å². The van der Waals surface area contributed by atoms with Crippen LogP contribution in [0, 0.1) is 12.7 Å². The SMILES string of the molecule is COCC(N)C(=O)Nc1ccc(Oc2ccc(C)cc2OC)c(F)c1.Cl. The first-order chi connectivity index (χ1) is 11.9. The lowest BCUT2D eigenvalue weighted by Gasteiger charge is -2.14. The molecular weight excluding hydrogens is 363 g/mol. The number of halogens is 2. The molecule has 1 unspecified atom stereocenters. The van der Waals surface area contributed by atoms with Crippen molar-refractivity contribution < 1.29 is 23.4 Å². The van der Waals surface area contributed by atoms with Crippen molar-refractivity contribution in [1.29, 1.82) is 0 Å². The molecule has 0 saturated carbocycles. The predicted octanol–water partition coefficient (Wildman–Crippen LogP) is 3.27. The zero-order valence-corrected chi connectivity index (χ0v) is 15.6. The van der Waals surface area contributed by atoms with Gasteiger partial charge in [-0.25, -0.2) is 4.39 Å². The second-order valence-electron chi connectivity index (χ2n) is 5.45. The van der Waals surface area contributed by atoms with Crippen molar-refractivity contribution in [2.45, 2.75) is 13.0 Å². The van der Waals surface area contributed by atoms with Gasteiger partial charge in [-0.3, -0.25) is 4.79 Å². The van der Waals surface area contributed by atoms with Gasteiger partial charge in [0.05, 0.1) is 13.7 Å². The van der Waals surface area contributed by atoms with Crippen molar-refractivity contribution in [3.05, 3.63) is 47.8 Å². The van der Waals surface area contributed by atoms with Crippen LogP contribution in [0.25, 0.3) is 0 Å². The van der Waals surface area contributed by atoms with Crippen LogP contribution in [0.4, 0.5) is 10.1 Å². The molecule has 0 aromatic heterocycles. The molecule has 1 amide bonds. The fraction of sp³-hybridized carbons (Fsp3) is 0.278. The summed E-state index contributed by atoms with van der Waals surface area (Å²) in [6.45, 7) is 1.99. The van der Waals surface area contributed by atoms with E-state index in [0.29, 0.717) is 11.5 Å². The first-order valence-electron chi connectivity index (χ1n) is 7.62. The van der Waals surface area contributed by atoms with Crippen molar-refractivity contribution in [3.63, 3.8) is 0 Å². The van der Waals surface area contributed by atoms with E-state index in [1.165, 1.54) is 26.4 Å². The summed E-state index contributed by atoms with van der Waals surface area (Å²) >= 11 is 0. The first kappa shape index (κ1) is 21.7. The van der Waals surface area contributed by atoms with E-state index in [4.69, 9.17) is 19.9 Å². The molecule has 0 fully saturated rings. The summed E-state index contributed by atoms with van der Waals surface area (Å²) in [5, 5.41) is 2.52. The molecule has 0 bridgehead atoms. The van der Waals surface area contributed by atoms with Crippen molar-refractivity contribution >= 4 is 24.0 Å². The van der Waals surface area contributed by atoms with Gasteiger partial charge in [0, 0.05) is 18.9 Å². The minimum Gasteiger partial charge on any atom is -0.493 e. The van der Waals surface area contributed by atoms with E-state index in [1.807, 2.05) is 13.0 Å². The second-order valence-corrected chi connectivity index (χ2v) is 5.45. The predicted molar refractivity (Wildman–Crippen MR) is 99.9 cm³/mol. The minimum atomic E-state index is -0.833. The molecule has 0 saturated heterocycles. The maximum absolute atomic E-state index is 14.3. The number of rotatable bonds is 7. The number of aryl methyl sites for hydroxylation is 1. The minimum absolute atomic E-state index is 0. The van der Waals surface area contributed by atoms with Crippen LogP contribution < -0.4 is 20.5 Å². The molecule has 6 nitrogen and oxygen atoms in total. The molecule has 0 radical (unpaired) electrons. The molecule has 0 aliphatic carbocycles. The van der Waals surface area contributed by atoms with Crippen molar-refractivity contribution in [3.8, 4) is 17.2 Å². The molecule has 142 valence electrons. The van der Waals surface area contributed by atoms with Gasteiger partial charge in [-0.2, -0.15) is 0 Å². The fourth-order valence-corrected chi connectivity index (χ4v) is 2.13. The summed E-state index contributed by atoms with van der Waals surface area (Å²) in [5.41, 5.74) is 6.89. The van der Waals surface area contributed by atoms with Crippen LogP contribution >= 0.6 is 12.4 Å². The molecule has 2 aromatic rings. The zero-order chi connectivity index (χ0) is 18.4. The standard InChI is InChI=1S/C18H21FN2O4.ClH/c1-11-4-6-16(17(8-11)24-3)25-15-7-5-12(9-13(15)19)21-18(22)14(20)10-23-2;/h4-9,14H,10,20H2,1-3H3,(H,21,22);1H. The number of hydrogen-bond acceptors (Lipinski definition) is 5. The fourth-order valence-electron chi connectivity index (χ4n) is 2.13. The molecular formula is C18H22ClFN2O4. The van der Waals surface area contributed by atoms with Gasteiger partial charge in [0.1, 0.15) is 6.04 Å². The average molecular weight is 385 g/mol. The van der Waals surface area contributed by atoms with E-state index >= 15 is 0 Å². The van der Waals surface area contributed by atoms with Crippen LogP contribution in [-0.4, -0.2) is 32.8 Å². The van der Waals surface area contributed by atoms with Gasteiger partial charge >= 0.3 is 0 Å². The normalized spacial score (nSPS) is 11.3. The van der Waals surface area contributed by atoms with E-state index < -0.39 is 17.8 Å². The number of carbonyl (C=O) groups excluding carboxylic acids is 1. The van der Waals surface area contributed by atoms with Gasteiger partial charge in [0.2, 0.25) is 5.91 Å². The number of ether oxygens (including phenoxy) is 3. The molecule has 1 atom stereocenters. The zero-order valence-electron chi connectivity index (χ0n) is 14.7. The van der Waals surface area contributed by atoms with Gasteiger partial charge in [0.15, 0.2) is 23.1 Å². The monoisotopic (exact) mass is 384 g/mol. The third-order valence-electron chi connectivity index (χ3n) is 3.42. The Kier molecular flexibility index (Phi) is 8.31. The Morgan fingerprint density at radius 2 is 1.85 bits per heavy atom. The maximum atomic E-state index is 14.3. The highest BCUT2D eigenvalue weighted by atomic mass is 35.5. The number of methoxy groups -OCH3 is 2. The van der Waals surface area contributed by atoms with E-state index in [-0.39, 0.29) is 30.5 Å². The average Bonchev–Trinajstić information content (AvgIpc) is 2.58. The maximum Gasteiger partial charge on any atom is 0.243 e. The number of nitrogens with two attached hydrogens (primary N) is 1. The van der Waals surface area contributed by atoms with Crippen molar-refractivity contribution in [1.82, 2.24) is 0 Å². The molecule has 0 heterocycles. The Bertz CT molecular complexity index is 758. The van der Waals surface area contributed by atoms with Crippen LogP contribution in [0.2, 0.25) is 0 Å².